The van der Waals surface area contributed by atoms with E-state index in [1.807, 2.05) is 11.3 Å². The average Bonchev–Trinajstić information content (AvgIpc) is 2.98. The third-order valence-corrected chi connectivity index (χ3v) is 6.47. The molecule has 2 heterocycles. The number of fused-ring (bicyclic) bond motifs is 1. The van der Waals surface area contributed by atoms with E-state index in [2.05, 4.69) is 23.3 Å². The Morgan fingerprint density at radius 2 is 2.19 bits per heavy atom. The van der Waals surface area contributed by atoms with Gasteiger partial charge in [-0.2, -0.15) is 0 Å². The standard InChI is InChI=1S/C17H26N2OS/c1-13-14-6-10-21-15(14)5-9-19(13)16(20)11-17(12-18)7-3-2-4-8-17/h6,10,13H,2-5,7-9,11-12,18H2,1H3. The average molecular weight is 306 g/mol. The Morgan fingerprint density at radius 3 is 2.90 bits per heavy atom. The van der Waals surface area contributed by atoms with Crippen LogP contribution in [-0.2, 0) is 11.2 Å². The summed E-state index contributed by atoms with van der Waals surface area (Å²) < 4.78 is 0. The van der Waals surface area contributed by atoms with Crippen molar-refractivity contribution in [2.45, 2.75) is 57.9 Å². The van der Waals surface area contributed by atoms with Crippen molar-refractivity contribution in [3.63, 3.8) is 0 Å². The van der Waals surface area contributed by atoms with E-state index in [1.54, 1.807) is 0 Å². The second-order valence-corrected chi connectivity index (χ2v) is 7.75. The Hall–Kier alpha value is -0.870. The molecule has 3 rings (SSSR count). The number of carbonyl (C=O) groups is 1. The molecule has 0 spiro atoms. The van der Waals surface area contributed by atoms with Gasteiger partial charge in [0.25, 0.3) is 0 Å². The van der Waals surface area contributed by atoms with Gasteiger partial charge in [-0.3, -0.25) is 4.79 Å². The molecule has 0 radical (unpaired) electrons. The summed E-state index contributed by atoms with van der Waals surface area (Å²) in [5, 5.41) is 2.15. The van der Waals surface area contributed by atoms with Crippen LogP contribution in [0.1, 0.15) is 61.9 Å². The van der Waals surface area contributed by atoms with Crippen LogP contribution in [0.5, 0.6) is 0 Å². The largest absolute Gasteiger partial charge is 0.336 e. The highest BCUT2D eigenvalue weighted by molar-refractivity contribution is 7.10. The molecule has 0 bridgehead atoms. The molecule has 3 nitrogen and oxygen atoms in total. The molecule has 4 heteroatoms. The van der Waals surface area contributed by atoms with Gasteiger partial charge in [-0.05, 0) is 55.2 Å². The third-order valence-electron chi connectivity index (χ3n) is 5.47. The van der Waals surface area contributed by atoms with E-state index >= 15 is 0 Å². The van der Waals surface area contributed by atoms with Gasteiger partial charge in [0.05, 0.1) is 6.04 Å². The lowest BCUT2D eigenvalue weighted by Gasteiger charge is -2.40. The lowest BCUT2D eigenvalue weighted by Crippen LogP contribution is -2.43. The van der Waals surface area contributed by atoms with Crippen LogP contribution in [0.15, 0.2) is 11.4 Å². The first-order valence-corrected chi connectivity index (χ1v) is 9.09. The minimum Gasteiger partial charge on any atom is -0.336 e. The van der Waals surface area contributed by atoms with E-state index in [-0.39, 0.29) is 11.5 Å². The van der Waals surface area contributed by atoms with Crippen LogP contribution >= 0.6 is 11.3 Å². The van der Waals surface area contributed by atoms with E-state index in [0.717, 1.165) is 25.8 Å². The maximum atomic E-state index is 12.8. The number of carbonyl (C=O) groups excluding carboxylic acids is 1. The fourth-order valence-corrected chi connectivity index (χ4v) is 4.99. The Labute approximate surface area is 131 Å². The van der Waals surface area contributed by atoms with Crippen LogP contribution in [-0.4, -0.2) is 23.9 Å². The first kappa shape index (κ1) is 15.0. The molecule has 1 aliphatic carbocycles. The van der Waals surface area contributed by atoms with Gasteiger partial charge in [-0.1, -0.05) is 19.3 Å². The van der Waals surface area contributed by atoms with Crippen molar-refractivity contribution in [1.82, 2.24) is 4.90 Å². The third kappa shape index (κ3) is 2.88. The first-order chi connectivity index (χ1) is 10.2. The molecule has 0 aromatic carbocycles. The topological polar surface area (TPSA) is 46.3 Å². The molecule has 2 aliphatic rings. The lowest BCUT2D eigenvalue weighted by atomic mass is 9.71. The van der Waals surface area contributed by atoms with Gasteiger partial charge < -0.3 is 10.6 Å². The molecule has 2 N–H and O–H groups in total. The molecule has 1 fully saturated rings. The molecule has 1 aromatic rings. The Balaban J connectivity index is 1.71. The fraction of sp³-hybridized carbons (Fsp3) is 0.706. The van der Waals surface area contributed by atoms with E-state index in [0.29, 0.717) is 18.9 Å². The summed E-state index contributed by atoms with van der Waals surface area (Å²) in [6.07, 6.45) is 7.67. The highest BCUT2D eigenvalue weighted by atomic mass is 32.1. The second-order valence-electron chi connectivity index (χ2n) is 6.75. The molecule has 1 aliphatic heterocycles. The van der Waals surface area contributed by atoms with Gasteiger partial charge in [0, 0.05) is 17.8 Å². The second kappa shape index (κ2) is 6.09. The molecule has 21 heavy (non-hydrogen) atoms. The predicted molar refractivity (Wildman–Crippen MR) is 87.3 cm³/mol. The number of nitrogens with zero attached hydrogens (tertiary/aromatic N) is 1. The van der Waals surface area contributed by atoms with E-state index in [9.17, 15) is 4.79 Å². The van der Waals surface area contributed by atoms with Gasteiger partial charge in [-0.15, -0.1) is 11.3 Å². The van der Waals surface area contributed by atoms with Crippen LogP contribution in [0, 0.1) is 5.41 Å². The number of hydrogen-bond donors (Lipinski definition) is 1. The van der Waals surface area contributed by atoms with E-state index < -0.39 is 0 Å². The van der Waals surface area contributed by atoms with Crippen LogP contribution in [0.4, 0.5) is 0 Å². The van der Waals surface area contributed by atoms with Gasteiger partial charge in [0.15, 0.2) is 0 Å². The van der Waals surface area contributed by atoms with Crippen LogP contribution in [0.2, 0.25) is 0 Å². The summed E-state index contributed by atoms with van der Waals surface area (Å²) in [7, 11) is 0. The van der Waals surface area contributed by atoms with Crippen molar-refractivity contribution in [1.29, 1.82) is 0 Å². The van der Waals surface area contributed by atoms with Gasteiger partial charge >= 0.3 is 0 Å². The minimum atomic E-state index is 0.0734. The van der Waals surface area contributed by atoms with Crippen molar-refractivity contribution in [2.75, 3.05) is 13.1 Å². The maximum absolute atomic E-state index is 12.8. The summed E-state index contributed by atoms with van der Waals surface area (Å²) >= 11 is 1.82. The fourth-order valence-electron chi connectivity index (χ4n) is 4.03. The molecule has 1 unspecified atom stereocenters. The van der Waals surface area contributed by atoms with Crippen LogP contribution in [0.3, 0.4) is 0 Å². The summed E-state index contributed by atoms with van der Waals surface area (Å²) in [5.74, 6) is 0.312. The summed E-state index contributed by atoms with van der Waals surface area (Å²) in [4.78, 5) is 16.4. The lowest BCUT2D eigenvalue weighted by molar-refractivity contribution is -0.136. The summed E-state index contributed by atoms with van der Waals surface area (Å²) in [6, 6.07) is 2.41. The van der Waals surface area contributed by atoms with Crippen molar-refractivity contribution in [3.05, 3.63) is 21.9 Å². The van der Waals surface area contributed by atoms with Crippen molar-refractivity contribution in [2.24, 2.45) is 11.1 Å². The smallest absolute Gasteiger partial charge is 0.223 e. The van der Waals surface area contributed by atoms with Crippen molar-refractivity contribution in [3.8, 4) is 0 Å². The van der Waals surface area contributed by atoms with Crippen molar-refractivity contribution >= 4 is 17.2 Å². The number of thiophene rings is 1. The zero-order valence-corrected chi connectivity index (χ0v) is 13.8. The monoisotopic (exact) mass is 306 g/mol. The summed E-state index contributed by atoms with van der Waals surface area (Å²) in [6.45, 7) is 3.69. The summed E-state index contributed by atoms with van der Waals surface area (Å²) in [5.41, 5.74) is 7.47. The normalized spacial score (nSPS) is 24.7. The number of nitrogens with two attached hydrogens (primary N) is 1. The quantitative estimate of drug-likeness (QED) is 0.929. The van der Waals surface area contributed by atoms with Crippen LogP contribution < -0.4 is 5.73 Å². The van der Waals surface area contributed by atoms with Gasteiger partial charge in [-0.25, -0.2) is 0 Å². The van der Waals surface area contributed by atoms with E-state index in [1.165, 1.54) is 29.7 Å². The highest BCUT2D eigenvalue weighted by Gasteiger charge is 2.36. The van der Waals surface area contributed by atoms with E-state index in [4.69, 9.17) is 5.73 Å². The molecule has 1 saturated carbocycles. The van der Waals surface area contributed by atoms with Crippen LogP contribution in [0.25, 0.3) is 0 Å². The SMILES string of the molecule is CC1c2ccsc2CCN1C(=O)CC1(CN)CCCCC1. The van der Waals surface area contributed by atoms with Gasteiger partial charge in [0.1, 0.15) is 0 Å². The molecule has 1 amide bonds. The highest BCUT2D eigenvalue weighted by Crippen LogP contribution is 2.40. The Kier molecular flexibility index (Phi) is 4.36. The number of hydrogen-bond acceptors (Lipinski definition) is 3. The molecule has 1 atom stereocenters. The number of amides is 1. The zero-order valence-electron chi connectivity index (χ0n) is 12.9. The van der Waals surface area contributed by atoms with Gasteiger partial charge in [0.2, 0.25) is 5.91 Å². The predicted octanol–water partition coefficient (Wildman–Crippen LogP) is 3.49. The Bertz CT molecular complexity index is 505. The molecule has 1 aromatic heterocycles. The molecular weight excluding hydrogens is 280 g/mol. The van der Waals surface area contributed by atoms with Crippen molar-refractivity contribution < 1.29 is 4.79 Å². The Morgan fingerprint density at radius 1 is 1.43 bits per heavy atom. The number of rotatable bonds is 3. The molecule has 0 saturated heterocycles. The molecule has 116 valence electrons. The zero-order chi connectivity index (χ0) is 14.9. The first-order valence-electron chi connectivity index (χ1n) is 8.21. The minimum absolute atomic E-state index is 0.0734. The maximum Gasteiger partial charge on any atom is 0.223 e. The molecular formula is C17H26N2OS.